The van der Waals surface area contributed by atoms with Crippen molar-refractivity contribution in [2.45, 2.75) is 13.1 Å². The monoisotopic (exact) mass is 542 g/mol. The molecule has 1 saturated heterocycles. The highest BCUT2D eigenvalue weighted by molar-refractivity contribution is 8.18. The third kappa shape index (κ3) is 4.55. The highest BCUT2D eigenvalue weighted by Gasteiger charge is 2.35. The largest absolute Gasteiger partial charge is 0.342 e. The Hall–Kier alpha value is -3.51. The van der Waals surface area contributed by atoms with Crippen molar-refractivity contribution in [1.29, 1.82) is 0 Å². The minimum Gasteiger partial charge on any atom is -0.342 e. The van der Waals surface area contributed by atoms with Gasteiger partial charge in [-0.1, -0.05) is 89.9 Å². The summed E-state index contributed by atoms with van der Waals surface area (Å²) >= 11 is 13.2. The zero-order valence-corrected chi connectivity index (χ0v) is 21.9. The fraction of sp³-hybridized carbons (Fsp3) is 0.0667. The summed E-state index contributed by atoms with van der Waals surface area (Å²) in [6, 6.07) is 27.8. The Morgan fingerprint density at radius 2 is 1.54 bits per heavy atom. The first-order valence-electron chi connectivity index (χ1n) is 11.7. The molecule has 7 heteroatoms. The molecule has 2 amide bonds. The van der Waals surface area contributed by atoms with Crippen LogP contribution >= 0.6 is 35.0 Å². The van der Waals surface area contributed by atoms with Crippen LogP contribution < -0.4 is 0 Å². The van der Waals surface area contributed by atoms with Crippen molar-refractivity contribution in [2.75, 3.05) is 0 Å². The third-order valence-corrected chi connectivity index (χ3v) is 8.04. The first-order chi connectivity index (χ1) is 18.0. The van der Waals surface area contributed by atoms with Gasteiger partial charge in [0.2, 0.25) is 0 Å². The number of aromatic nitrogens is 1. The molecule has 0 N–H and O–H groups in total. The summed E-state index contributed by atoms with van der Waals surface area (Å²) in [6.07, 6.45) is 3.87. The highest BCUT2D eigenvalue weighted by Crippen LogP contribution is 2.36. The number of amides is 2. The van der Waals surface area contributed by atoms with Crippen molar-refractivity contribution in [1.82, 2.24) is 9.47 Å². The van der Waals surface area contributed by atoms with Crippen LogP contribution in [0.15, 0.2) is 96.0 Å². The van der Waals surface area contributed by atoms with Gasteiger partial charge in [0, 0.05) is 39.3 Å². The predicted octanol–water partition coefficient (Wildman–Crippen LogP) is 8.39. The van der Waals surface area contributed by atoms with Gasteiger partial charge in [-0.2, -0.15) is 0 Å². The average molecular weight is 543 g/mol. The van der Waals surface area contributed by atoms with E-state index in [-0.39, 0.29) is 17.7 Å². The molecule has 182 valence electrons. The number of halogens is 2. The van der Waals surface area contributed by atoms with E-state index in [0.717, 1.165) is 28.2 Å². The van der Waals surface area contributed by atoms with Crippen LogP contribution in [-0.4, -0.2) is 20.6 Å². The van der Waals surface area contributed by atoms with Crippen molar-refractivity contribution < 1.29 is 9.59 Å². The molecule has 2 heterocycles. The molecule has 4 nitrogen and oxygen atoms in total. The number of carbonyl (C=O) groups is 2. The zero-order chi connectivity index (χ0) is 25.5. The average Bonchev–Trinajstić information content (AvgIpc) is 3.37. The normalized spacial score (nSPS) is 15.0. The summed E-state index contributed by atoms with van der Waals surface area (Å²) in [5, 5.41) is 4.05. The van der Waals surface area contributed by atoms with E-state index >= 15 is 0 Å². The minimum absolute atomic E-state index is 0.0981. The Balaban J connectivity index is 1.34. The van der Waals surface area contributed by atoms with Gasteiger partial charge >= 0.3 is 0 Å². The maximum atomic E-state index is 13.2. The van der Waals surface area contributed by atoms with E-state index in [0.29, 0.717) is 27.1 Å². The van der Waals surface area contributed by atoms with E-state index in [9.17, 15) is 9.59 Å². The van der Waals surface area contributed by atoms with Crippen LogP contribution in [0.25, 0.3) is 27.8 Å². The predicted molar refractivity (Wildman–Crippen MR) is 153 cm³/mol. The van der Waals surface area contributed by atoms with E-state index in [1.807, 2.05) is 30.3 Å². The fourth-order valence-corrected chi connectivity index (χ4v) is 6.03. The maximum Gasteiger partial charge on any atom is 0.293 e. The lowest BCUT2D eigenvalue weighted by Gasteiger charge is -2.13. The minimum atomic E-state index is -0.327. The Labute approximate surface area is 228 Å². The van der Waals surface area contributed by atoms with Crippen molar-refractivity contribution in [3.63, 3.8) is 0 Å². The van der Waals surface area contributed by atoms with Crippen LogP contribution in [0.1, 0.15) is 16.7 Å². The van der Waals surface area contributed by atoms with Gasteiger partial charge in [0.1, 0.15) is 0 Å². The molecule has 6 rings (SSSR count). The van der Waals surface area contributed by atoms with E-state index in [1.54, 1.807) is 18.2 Å². The second-order valence-corrected chi connectivity index (χ2v) is 10.7. The number of hydrogen-bond acceptors (Lipinski definition) is 3. The van der Waals surface area contributed by atoms with Gasteiger partial charge in [0.05, 0.1) is 11.4 Å². The van der Waals surface area contributed by atoms with Crippen LogP contribution in [-0.2, 0) is 17.9 Å². The first-order valence-corrected chi connectivity index (χ1v) is 13.3. The van der Waals surface area contributed by atoms with Gasteiger partial charge in [0.15, 0.2) is 0 Å². The van der Waals surface area contributed by atoms with Gasteiger partial charge in [-0.05, 0) is 57.9 Å². The molecule has 1 aliphatic heterocycles. The number of rotatable bonds is 5. The number of fused-ring (bicyclic) bond motifs is 2. The second-order valence-electron chi connectivity index (χ2n) is 8.87. The highest BCUT2D eigenvalue weighted by atomic mass is 35.5. The molecule has 4 aromatic carbocycles. The van der Waals surface area contributed by atoms with Crippen molar-refractivity contribution >= 4 is 73.9 Å². The van der Waals surface area contributed by atoms with E-state index < -0.39 is 0 Å². The lowest BCUT2D eigenvalue weighted by atomic mass is 10.0. The second kappa shape index (κ2) is 9.75. The quantitative estimate of drug-likeness (QED) is 0.209. The number of thioether (sulfide) groups is 1. The molecule has 0 radical (unpaired) electrons. The Kier molecular flexibility index (Phi) is 6.29. The smallest absolute Gasteiger partial charge is 0.293 e. The third-order valence-electron chi connectivity index (χ3n) is 6.54. The molecule has 0 bridgehead atoms. The van der Waals surface area contributed by atoms with Crippen molar-refractivity contribution in [3.05, 3.63) is 123 Å². The molecule has 1 aromatic heterocycles. The summed E-state index contributed by atoms with van der Waals surface area (Å²) in [7, 11) is 0. The summed E-state index contributed by atoms with van der Waals surface area (Å²) in [6.45, 7) is 0.785. The standard InChI is InChI=1S/C30H20Cl2N2O2S/c31-23-13-12-21(26(32)15-23)18-34-29(35)28(37-30(34)36)14-22-17-33(27-11-4-3-10-25(22)27)16-20-8-5-7-19-6-1-2-9-24(19)20/h1-15,17H,16,18H2/b28-14-. The Morgan fingerprint density at radius 3 is 2.38 bits per heavy atom. The SMILES string of the molecule is O=C1S/C(=C\c2cn(Cc3cccc4ccccc34)c3ccccc23)C(=O)N1Cc1ccc(Cl)cc1Cl. The van der Waals surface area contributed by atoms with Gasteiger partial charge in [-0.25, -0.2) is 0 Å². The number of imide groups is 1. The van der Waals surface area contributed by atoms with E-state index in [4.69, 9.17) is 23.2 Å². The van der Waals surface area contributed by atoms with Crippen LogP contribution in [0.3, 0.4) is 0 Å². The molecule has 37 heavy (non-hydrogen) atoms. The van der Waals surface area contributed by atoms with Gasteiger partial charge in [-0.15, -0.1) is 0 Å². The van der Waals surface area contributed by atoms with Gasteiger partial charge in [0.25, 0.3) is 11.1 Å². The van der Waals surface area contributed by atoms with Gasteiger partial charge in [-0.3, -0.25) is 14.5 Å². The molecule has 0 atom stereocenters. The van der Waals surface area contributed by atoms with E-state index in [2.05, 4.69) is 53.2 Å². The van der Waals surface area contributed by atoms with E-state index in [1.165, 1.54) is 21.2 Å². The molecule has 0 aliphatic carbocycles. The maximum absolute atomic E-state index is 13.2. The van der Waals surface area contributed by atoms with Crippen LogP contribution in [0, 0.1) is 0 Å². The number of carbonyl (C=O) groups excluding carboxylic acids is 2. The Bertz CT molecular complexity index is 1740. The summed E-state index contributed by atoms with van der Waals surface area (Å²) in [4.78, 5) is 27.6. The lowest BCUT2D eigenvalue weighted by Crippen LogP contribution is -2.27. The lowest BCUT2D eigenvalue weighted by molar-refractivity contribution is -0.123. The molecule has 1 fully saturated rings. The molecule has 0 saturated carbocycles. The molecule has 0 unspecified atom stereocenters. The summed E-state index contributed by atoms with van der Waals surface area (Å²) in [5.41, 5.74) is 3.84. The molecular formula is C30H20Cl2N2O2S. The molecule has 0 spiro atoms. The first kappa shape index (κ1) is 23.9. The number of hydrogen-bond donors (Lipinski definition) is 0. The van der Waals surface area contributed by atoms with Crippen molar-refractivity contribution in [2.24, 2.45) is 0 Å². The number of nitrogens with zero attached hydrogens (tertiary/aromatic N) is 2. The molecule has 1 aliphatic rings. The Morgan fingerprint density at radius 1 is 0.784 bits per heavy atom. The summed E-state index contributed by atoms with van der Waals surface area (Å²) < 4.78 is 2.20. The molecular weight excluding hydrogens is 523 g/mol. The molecule has 5 aromatic rings. The van der Waals surface area contributed by atoms with Crippen LogP contribution in [0.5, 0.6) is 0 Å². The fourth-order valence-electron chi connectivity index (χ4n) is 4.73. The zero-order valence-electron chi connectivity index (χ0n) is 19.5. The van der Waals surface area contributed by atoms with Crippen LogP contribution in [0.2, 0.25) is 10.0 Å². The van der Waals surface area contributed by atoms with Crippen LogP contribution in [0.4, 0.5) is 4.79 Å². The topological polar surface area (TPSA) is 42.3 Å². The number of para-hydroxylation sites is 1. The number of benzene rings is 4. The van der Waals surface area contributed by atoms with Crippen molar-refractivity contribution in [3.8, 4) is 0 Å². The van der Waals surface area contributed by atoms with Gasteiger partial charge < -0.3 is 4.57 Å². The summed E-state index contributed by atoms with van der Waals surface area (Å²) in [5.74, 6) is -0.327.